The van der Waals surface area contributed by atoms with Crippen molar-refractivity contribution in [3.63, 3.8) is 0 Å². The molecule has 0 bridgehead atoms. The van der Waals surface area contributed by atoms with Gasteiger partial charge in [0.05, 0.1) is 0 Å². The molecule has 0 aromatic rings. The molecule has 1 amide bonds. The minimum atomic E-state index is -0.753. The number of nitrogens with one attached hydrogen (secondary N) is 1. The summed E-state index contributed by atoms with van der Waals surface area (Å²) in [6.07, 6.45) is 9.62. The van der Waals surface area contributed by atoms with Crippen LogP contribution in [0.15, 0.2) is 23.3 Å². The van der Waals surface area contributed by atoms with E-state index in [1.807, 2.05) is 12.2 Å². The summed E-state index contributed by atoms with van der Waals surface area (Å²) in [6, 6.07) is 0. The van der Waals surface area contributed by atoms with Gasteiger partial charge in [-0.1, -0.05) is 32.9 Å². The third-order valence-corrected chi connectivity index (χ3v) is 7.27. The molecule has 0 aromatic carbocycles. The molecule has 1 unspecified atom stereocenters. The van der Waals surface area contributed by atoms with E-state index >= 15 is 0 Å². The lowest BCUT2D eigenvalue weighted by molar-refractivity contribution is -0.137. The number of carboxylic acids is 1. The van der Waals surface area contributed by atoms with Crippen LogP contribution < -0.4 is 5.32 Å². The van der Waals surface area contributed by atoms with E-state index in [1.165, 1.54) is 0 Å². The molecule has 24 heavy (non-hydrogen) atoms. The molecular weight excluding hydrogens is 302 g/mol. The topological polar surface area (TPSA) is 66.4 Å². The van der Waals surface area contributed by atoms with Crippen LogP contribution in [0.25, 0.3) is 0 Å². The molecule has 1 heterocycles. The van der Waals surface area contributed by atoms with Gasteiger partial charge in [-0.15, -0.1) is 0 Å². The Labute approximate surface area is 144 Å². The Kier molecular flexibility index (Phi) is 4.35. The second-order valence-corrected chi connectivity index (χ2v) is 8.36. The van der Waals surface area contributed by atoms with Gasteiger partial charge in [-0.25, -0.2) is 4.79 Å². The average molecular weight is 331 g/mol. The fraction of sp³-hybridized carbons (Fsp3) is 0.700. The maximum absolute atomic E-state index is 11.9. The highest BCUT2D eigenvalue weighted by atomic mass is 16.4. The lowest BCUT2D eigenvalue weighted by Gasteiger charge is -2.57. The smallest absolute Gasteiger partial charge is 0.331 e. The number of rotatable bonds is 4. The number of carbonyl (C=O) groups is 2. The monoisotopic (exact) mass is 331 g/mol. The second-order valence-electron chi connectivity index (χ2n) is 8.36. The summed E-state index contributed by atoms with van der Waals surface area (Å²) in [7, 11) is 0. The quantitative estimate of drug-likeness (QED) is 0.825. The normalized spacial score (nSPS) is 38.9. The van der Waals surface area contributed by atoms with E-state index in [2.05, 4.69) is 26.1 Å². The van der Waals surface area contributed by atoms with Crippen LogP contribution in [0, 0.1) is 22.7 Å². The van der Waals surface area contributed by atoms with Crippen molar-refractivity contribution >= 4 is 11.9 Å². The minimum Gasteiger partial charge on any atom is -0.478 e. The fourth-order valence-corrected chi connectivity index (χ4v) is 5.53. The number of hydrogen-bond acceptors (Lipinski definition) is 2. The first-order valence-corrected chi connectivity index (χ1v) is 9.20. The number of carboxylic acid groups (broad SMARTS) is 1. The van der Waals surface area contributed by atoms with Crippen LogP contribution in [-0.2, 0) is 9.59 Å². The number of allylic oxidation sites excluding steroid dienone is 1. The maximum Gasteiger partial charge on any atom is 0.331 e. The molecule has 2 aliphatic carbocycles. The zero-order valence-electron chi connectivity index (χ0n) is 15.0. The Morgan fingerprint density at radius 2 is 2.08 bits per heavy atom. The van der Waals surface area contributed by atoms with Crippen molar-refractivity contribution in [2.75, 3.05) is 6.54 Å². The van der Waals surface area contributed by atoms with Gasteiger partial charge in [-0.3, -0.25) is 4.79 Å². The zero-order chi connectivity index (χ0) is 17.5. The third kappa shape index (κ3) is 2.60. The predicted octanol–water partition coefficient (Wildman–Crippen LogP) is 3.69. The van der Waals surface area contributed by atoms with Crippen LogP contribution in [-0.4, -0.2) is 23.5 Å². The summed E-state index contributed by atoms with van der Waals surface area (Å²) in [5, 5.41) is 12.5. The number of hydrogen-bond donors (Lipinski definition) is 2. The Balaban J connectivity index is 1.87. The molecule has 4 atom stereocenters. The first kappa shape index (κ1) is 17.2. The lowest BCUT2D eigenvalue weighted by Crippen LogP contribution is -2.51. The molecule has 0 radical (unpaired) electrons. The largest absolute Gasteiger partial charge is 0.478 e. The summed E-state index contributed by atoms with van der Waals surface area (Å²) < 4.78 is 0. The van der Waals surface area contributed by atoms with Gasteiger partial charge >= 0.3 is 5.97 Å². The number of aliphatic carboxylic acids is 1. The van der Waals surface area contributed by atoms with E-state index in [4.69, 9.17) is 0 Å². The third-order valence-electron chi connectivity index (χ3n) is 7.27. The molecule has 3 rings (SSSR count). The SMILES string of the molecule is CC1CC[C@@]2(C)C(C(=O)O)=CCC[C@H]2[C@@]1(C)CCC1=CCNC1=O. The fourth-order valence-electron chi connectivity index (χ4n) is 5.53. The predicted molar refractivity (Wildman–Crippen MR) is 93.4 cm³/mol. The molecule has 1 fully saturated rings. The molecule has 0 aromatic heterocycles. The van der Waals surface area contributed by atoms with Crippen molar-refractivity contribution in [3.8, 4) is 0 Å². The molecule has 3 aliphatic rings. The Morgan fingerprint density at radius 3 is 2.71 bits per heavy atom. The molecule has 4 heteroatoms. The molecule has 132 valence electrons. The van der Waals surface area contributed by atoms with E-state index in [0.29, 0.717) is 24.0 Å². The second kappa shape index (κ2) is 6.05. The Hall–Kier alpha value is -1.58. The average Bonchev–Trinajstić information content (AvgIpc) is 2.94. The highest BCUT2D eigenvalue weighted by Crippen LogP contribution is 2.62. The van der Waals surface area contributed by atoms with E-state index in [0.717, 1.165) is 44.1 Å². The van der Waals surface area contributed by atoms with E-state index in [9.17, 15) is 14.7 Å². The van der Waals surface area contributed by atoms with Gasteiger partial charge in [0.2, 0.25) is 5.91 Å². The van der Waals surface area contributed by atoms with Crippen molar-refractivity contribution in [2.45, 2.75) is 59.3 Å². The zero-order valence-corrected chi connectivity index (χ0v) is 15.0. The number of carbonyl (C=O) groups excluding carboxylic acids is 1. The number of amides is 1. The number of fused-ring (bicyclic) bond motifs is 1. The minimum absolute atomic E-state index is 0.0691. The lowest BCUT2D eigenvalue weighted by atomic mass is 9.46. The summed E-state index contributed by atoms with van der Waals surface area (Å²) in [5.41, 5.74) is 1.36. The van der Waals surface area contributed by atoms with E-state index in [1.54, 1.807) is 0 Å². The molecular formula is C20H29NO3. The summed E-state index contributed by atoms with van der Waals surface area (Å²) in [5.74, 6) is 0.236. The van der Waals surface area contributed by atoms with Crippen molar-refractivity contribution in [2.24, 2.45) is 22.7 Å². The van der Waals surface area contributed by atoms with Gasteiger partial charge < -0.3 is 10.4 Å². The Morgan fingerprint density at radius 1 is 1.33 bits per heavy atom. The van der Waals surface area contributed by atoms with E-state index < -0.39 is 5.97 Å². The van der Waals surface area contributed by atoms with Crippen LogP contribution in [0.5, 0.6) is 0 Å². The van der Waals surface area contributed by atoms with Crippen molar-refractivity contribution in [3.05, 3.63) is 23.3 Å². The highest BCUT2D eigenvalue weighted by Gasteiger charge is 2.55. The van der Waals surface area contributed by atoms with Gasteiger partial charge in [0.1, 0.15) is 0 Å². The molecule has 4 nitrogen and oxygen atoms in total. The first-order chi connectivity index (χ1) is 11.3. The molecule has 1 aliphatic heterocycles. The highest BCUT2D eigenvalue weighted by molar-refractivity contribution is 5.95. The van der Waals surface area contributed by atoms with Crippen LogP contribution in [0.2, 0.25) is 0 Å². The van der Waals surface area contributed by atoms with Gasteiger partial charge in [-0.2, -0.15) is 0 Å². The standard InChI is InChI=1S/C20H29NO3/c1-13-7-10-20(3)15(18(23)24)5-4-6-16(20)19(13,2)11-8-14-9-12-21-17(14)22/h5,9,13,16H,4,6-8,10-12H2,1-3H3,(H,21,22)(H,23,24)/t13?,16-,19-,20-/m0/s1. The molecule has 2 N–H and O–H groups in total. The van der Waals surface area contributed by atoms with Crippen LogP contribution >= 0.6 is 0 Å². The summed E-state index contributed by atoms with van der Waals surface area (Å²) in [6.45, 7) is 7.44. The van der Waals surface area contributed by atoms with Gasteiger partial charge in [0.25, 0.3) is 0 Å². The van der Waals surface area contributed by atoms with E-state index in [-0.39, 0.29) is 16.7 Å². The van der Waals surface area contributed by atoms with Crippen LogP contribution in [0.4, 0.5) is 0 Å². The van der Waals surface area contributed by atoms with Crippen molar-refractivity contribution < 1.29 is 14.7 Å². The van der Waals surface area contributed by atoms with Gasteiger partial charge in [-0.05, 0) is 55.8 Å². The molecule has 0 saturated heterocycles. The molecule has 1 saturated carbocycles. The summed E-state index contributed by atoms with van der Waals surface area (Å²) in [4.78, 5) is 23.6. The maximum atomic E-state index is 11.9. The van der Waals surface area contributed by atoms with Gasteiger partial charge in [0.15, 0.2) is 0 Å². The van der Waals surface area contributed by atoms with Crippen LogP contribution in [0.3, 0.4) is 0 Å². The van der Waals surface area contributed by atoms with Crippen molar-refractivity contribution in [1.29, 1.82) is 0 Å². The first-order valence-electron chi connectivity index (χ1n) is 9.20. The molecule has 0 spiro atoms. The van der Waals surface area contributed by atoms with Crippen LogP contribution in [0.1, 0.15) is 59.3 Å². The van der Waals surface area contributed by atoms with Crippen molar-refractivity contribution in [1.82, 2.24) is 5.32 Å². The van der Waals surface area contributed by atoms with Gasteiger partial charge in [0, 0.05) is 23.1 Å². The Bertz CT molecular complexity index is 620. The summed E-state index contributed by atoms with van der Waals surface area (Å²) >= 11 is 0.